The number of aromatic nitrogens is 2. The van der Waals surface area contributed by atoms with Gasteiger partial charge in [0.05, 0.1) is 6.54 Å². The molecule has 1 rings (SSSR count). The molecule has 1 aromatic heterocycles. The van der Waals surface area contributed by atoms with Gasteiger partial charge in [-0.3, -0.25) is 18.7 Å². The van der Waals surface area contributed by atoms with Crippen molar-refractivity contribution in [3.63, 3.8) is 0 Å². The molecule has 1 aromatic rings. The summed E-state index contributed by atoms with van der Waals surface area (Å²) in [6, 6.07) is 0. The Morgan fingerprint density at radius 2 is 1.95 bits per heavy atom. The molecular weight excluding hydrogens is 262 g/mol. The van der Waals surface area contributed by atoms with Crippen molar-refractivity contribution in [1.29, 1.82) is 0 Å². The third kappa shape index (κ3) is 3.19. The smallest absolute Gasteiger partial charge is 0.332 e. The molecule has 0 radical (unpaired) electrons. The molecule has 112 valence electrons. The topological polar surface area (TPSA) is 111 Å². The third-order valence-corrected chi connectivity index (χ3v) is 2.83. The van der Waals surface area contributed by atoms with E-state index in [0.717, 1.165) is 4.57 Å². The molecule has 0 spiro atoms. The Labute approximate surface area is 116 Å². The second-order valence-corrected chi connectivity index (χ2v) is 4.37. The molecule has 0 bridgehead atoms. The number of nitrogen functional groups attached to an aromatic ring is 1. The van der Waals surface area contributed by atoms with E-state index in [1.807, 2.05) is 6.92 Å². The molecule has 1 heterocycles. The van der Waals surface area contributed by atoms with Crippen molar-refractivity contribution in [2.75, 3.05) is 24.1 Å². The number of likely N-dealkylation sites (N-methyl/N-ethyl adjacent to an activating group) is 1. The van der Waals surface area contributed by atoms with Crippen molar-refractivity contribution >= 4 is 17.4 Å². The van der Waals surface area contributed by atoms with Crippen molar-refractivity contribution < 1.29 is 4.79 Å². The van der Waals surface area contributed by atoms with Gasteiger partial charge in [0, 0.05) is 20.1 Å². The highest BCUT2D eigenvalue weighted by atomic mass is 16.2. The van der Waals surface area contributed by atoms with E-state index in [9.17, 15) is 14.4 Å². The zero-order valence-corrected chi connectivity index (χ0v) is 12.0. The van der Waals surface area contributed by atoms with Crippen molar-refractivity contribution in [2.24, 2.45) is 7.05 Å². The Morgan fingerprint density at radius 1 is 1.30 bits per heavy atom. The summed E-state index contributed by atoms with van der Waals surface area (Å²) in [5.41, 5.74) is 4.93. The standard InChI is InChI=1S/C12H21N5O3/c1-4-6-17-10(13)9(11(19)16(3)12(17)20)15-7-8(18)14-5-2/h15H,4-7,13H2,1-3H3,(H,14,18). The summed E-state index contributed by atoms with van der Waals surface area (Å²) in [6.45, 7) is 4.54. The lowest BCUT2D eigenvalue weighted by Crippen LogP contribution is -2.41. The van der Waals surface area contributed by atoms with Crippen LogP contribution < -0.4 is 27.6 Å². The highest BCUT2D eigenvalue weighted by molar-refractivity contribution is 5.81. The highest BCUT2D eigenvalue weighted by Crippen LogP contribution is 2.10. The summed E-state index contributed by atoms with van der Waals surface area (Å²) in [5, 5.41) is 5.30. The van der Waals surface area contributed by atoms with E-state index >= 15 is 0 Å². The molecular formula is C12H21N5O3. The number of nitrogens with zero attached hydrogens (tertiary/aromatic N) is 2. The van der Waals surface area contributed by atoms with E-state index in [0.29, 0.717) is 19.5 Å². The molecule has 8 heteroatoms. The second kappa shape index (κ2) is 6.78. The number of nitrogens with one attached hydrogen (secondary N) is 2. The third-order valence-electron chi connectivity index (χ3n) is 2.83. The Hall–Kier alpha value is -2.25. The molecule has 0 fully saturated rings. The first-order valence-corrected chi connectivity index (χ1v) is 6.53. The zero-order chi connectivity index (χ0) is 15.3. The predicted molar refractivity (Wildman–Crippen MR) is 77.8 cm³/mol. The van der Waals surface area contributed by atoms with Gasteiger partial charge in [0.25, 0.3) is 5.56 Å². The lowest BCUT2D eigenvalue weighted by atomic mass is 10.4. The van der Waals surface area contributed by atoms with Crippen molar-refractivity contribution in [1.82, 2.24) is 14.5 Å². The fraction of sp³-hybridized carbons (Fsp3) is 0.583. The molecule has 20 heavy (non-hydrogen) atoms. The van der Waals surface area contributed by atoms with E-state index in [2.05, 4.69) is 10.6 Å². The van der Waals surface area contributed by atoms with Crippen LogP contribution in [0.2, 0.25) is 0 Å². The number of anilines is 2. The Balaban J connectivity index is 3.16. The van der Waals surface area contributed by atoms with E-state index in [-0.39, 0.29) is 24.0 Å². The summed E-state index contributed by atoms with van der Waals surface area (Å²) >= 11 is 0. The first kappa shape index (κ1) is 15.8. The number of carbonyl (C=O) groups excluding carboxylic acids is 1. The van der Waals surface area contributed by atoms with Crippen LogP contribution in [0.25, 0.3) is 0 Å². The molecule has 0 atom stereocenters. The largest absolute Gasteiger partial charge is 0.383 e. The van der Waals surface area contributed by atoms with E-state index in [4.69, 9.17) is 5.73 Å². The second-order valence-electron chi connectivity index (χ2n) is 4.37. The molecule has 0 saturated carbocycles. The maximum absolute atomic E-state index is 12.0. The summed E-state index contributed by atoms with van der Waals surface area (Å²) < 4.78 is 2.30. The number of hydrogen-bond acceptors (Lipinski definition) is 5. The molecule has 8 nitrogen and oxygen atoms in total. The number of nitrogens with two attached hydrogens (primary N) is 1. The van der Waals surface area contributed by atoms with Gasteiger partial charge in [-0.05, 0) is 13.3 Å². The van der Waals surface area contributed by atoms with Gasteiger partial charge >= 0.3 is 5.69 Å². The number of amides is 1. The molecule has 0 saturated heterocycles. The van der Waals surface area contributed by atoms with Crippen LogP contribution in [-0.4, -0.2) is 28.1 Å². The normalized spacial score (nSPS) is 10.3. The zero-order valence-electron chi connectivity index (χ0n) is 12.0. The van der Waals surface area contributed by atoms with Crippen LogP contribution >= 0.6 is 0 Å². The molecule has 1 amide bonds. The number of carbonyl (C=O) groups is 1. The SMILES string of the molecule is CCCn1c(N)c(NCC(=O)NCC)c(=O)n(C)c1=O. The molecule has 0 unspecified atom stereocenters. The lowest BCUT2D eigenvalue weighted by Gasteiger charge is -2.15. The number of hydrogen-bond donors (Lipinski definition) is 3. The van der Waals surface area contributed by atoms with E-state index in [1.54, 1.807) is 6.92 Å². The van der Waals surface area contributed by atoms with Gasteiger partial charge in [-0.15, -0.1) is 0 Å². The van der Waals surface area contributed by atoms with Gasteiger partial charge < -0.3 is 16.4 Å². The maximum Gasteiger partial charge on any atom is 0.332 e. The molecule has 0 aromatic carbocycles. The minimum Gasteiger partial charge on any atom is -0.383 e. The van der Waals surface area contributed by atoms with Crippen LogP contribution in [0.1, 0.15) is 20.3 Å². The maximum atomic E-state index is 12.0. The average molecular weight is 283 g/mol. The first-order valence-electron chi connectivity index (χ1n) is 6.53. The van der Waals surface area contributed by atoms with E-state index in [1.165, 1.54) is 11.6 Å². The molecule has 0 aliphatic heterocycles. The highest BCUT2D eigenvalue weighted by Gasteiger charge is 2.15. The van der Waals surface area contributed by atoms with Gasteiger partial charge in [0.15, 0.2) is 0 Å². The number of rotatable bonds is 6. The average Bonchev–Trinajstić information content (AvgIpc) is 2.41. The van der Waals surface area contributed by atoms with Gasteiger partial charge in [0.2, 0.25) is 5.91 Å². The summed E-state index contributed by atoms with van der Waals surface area (Å²) in [6.07, 6.45) is 0.706. The lowest BCUT2D eigenvalue weighted by molar-refractivity contribution is -0.119. The van der Waals surface area contributed by atoms with Crippen LogP contribution in [-0.2, 0) is 18.4 Å². The van der Waals surface area contributed by atoms with Gasteiger partial charge in [0.1, 0.15) is 11.5 Å². The minimum absolute atomic E-state index is 0.0595. The molecule has 0 aliphatic rings. The first-order chi connectivity index (χ1) is 9.43. The quantitative estimate of drug-likeness (QED) is 0.625. The minimum atomic E-state index is -0.538. The van der Waals surface area contributed by atoms with Crippen LogP contribution in [0, 0.1) is 0 Å². The molecule has 0 aliphatic carbocycles. The monoisotopic (exact) mass is 283 g/mol. The fourth-order valence-electron chi connectivity index (χ4n) is 1.82. The summed E-state index contributed by atoms with van der Waals surface area (Å²) in [4.78, 5) is 35.4. The fourth-order valence-corrected chi connectivity index (χ4v) is 1.82. The Morgan fingerprint density at radius 3 is 2.50 bits per heavy atom. The van der Waals surface area contributed by atoms with Crippen molar-refractivity contribution in [2.45, 2.75) is 26.8 Å². The van der Waals surface area contributed by atoms with Crippen LogP contribution in [0.4, 0.5) is 11.5 Å². The Kier molecular flexibility index (Phi) is 5.36. The van der Waals surface area contributed by atoms with Gasteiger partial charge in [-0.1, -0.05) is 6.92 Å². The van der Waals surface area contributed by atoms with Crippen LogP contribution in [0.5, 0.6) is 0 Å². The van der Waals surface area contributed by atoms with E-state index < -0.39 is 11.2 Å². The predicted octanol–water partition coefficient (Wildman–Crippen LogP) is -0.913. The van der Waals surface area contributed by atoms with Gasteiger partial charge in [-0.2, -0.15) is 0 Å². The van der Waals surface area contributed by atoms with Crippen molar-refractivity contribution in [3.8, 4) is 0 Å². The summed E-state index contributed by atoms with van der Waals surface area (Å²) in [7, 11) is 1.38. The Bertz CT molecular complexity index is 602. The van der Waals surface area contributed by atoms with Crippen LogP contribution in [0.15, 0.2) is 9.59 Å². The molecule has 4 N–H and O–H groups in total. The van der Waals surface area contributed by atoms with Crippen molar-refractivity contribution in [3.05, 3.63) is 20.8 Å². The summed E-state index contributed by atoms with van der Waals surface area (Å²) in [5.74, 6) is -0.188. The van der Waals surface area contributed by atoms with Gasteiger partial charge in [-0.25, -0.2) is 4.79 Å². The van der Waals surface area contributed by atoms with Crippen LogP contribution in [0.3, 0.4) is 0 Å².